The van der Waals surface area contributed by atoms with Crippen LogP contribution in [0.25, 0.3) is 11.3 Å². The molecule has 1 aromatic carbocycles. The molecule has 4 rings (SSSR count). The van der Waals surface area contributed by atoms with E-state index in [1.54, 1.807) is 35.2 Å². The summed E-state index contributed by atoms with van der Waals surface area (Å²) < 4.78 is 23.8. The SMILES string of the molecule is CS(=O)(=O)c1cccc(-c2ccc3c(n2)N(C(=O)Nc2cnccn2)CCCN3)c1. The molecule has 0 bridgehead atoms. The Balaban J connectivity index is 1.71. The molecule has 3 aromatic rings. The number of rotatable bonds is 3. The predicted molar refractivity (Wildman–Crippen MR) is 114 cm³/mol. The van der Waals surface area contributed by atoms with Gasteiger partial charge in [-0.15, -0.1) is 0 Å². The fraction of sp³-hybridized carbons (Fsp3) is 0.200. The first-order valence-electron chi connectivity index (χ1n) is 9.32. The molecule has 2 N–H and O–H groups in total. The Morgan fingerprint density at radius 2 is 2.07 bits per heavy atom. The molecule has 0 fully saturated rings. The van der Waals surface area contributed by atoms with Gasteiger partial charge in [-0.05, 0) is 30.7 Å². The molecule has 30 heavy (non-hydrogen) atoms. The van der Waals surface area contributed by atoms with Crippen molar-refractivity contribution < 1.29 is 13.2 Å². The van der Waals surface area contributed by atoms with Crippen LogP contribution in [0, 0.1) is 0 Å². The zero-order valence-corrected chi connectivity index (χ0v) is 17.1. The Kier molecular flexibility index (Phi) is 5.32. The van der Waals surface area contributed by atoms with Crippen LogP contribution in [-0.2, 0) is 9.84 Å². The predicted octanol–water partition coefficient (Wildman–Crippen LogP) is 2.80. The Morgan fingerprint density at radius 3 is 2.83 bits per heavy atom. The van der Waals surface area contributed by atoms with E-state index in [2.05, 4.69) is 25.6 Å². The number of sulfone groups is 1. The van der Waals surface area contributed by atoms with Gasteiger partial charge < -0.3 is 5.32 Å². The van der Waals surface area contributed by atoms with E-state index in [1.807, 2.05) is 6.07 Å². The van der Waals surface area contributed by atoms with Crippen LogP contribution in [0.1, 0.15) is 6.42 Å². The smallest absolute Gasteiger partial charge is 0.328 e. The summed E-state index contributed by atoms with van der Waals surface area (Å²) in [5.41, 5.74) is 1.95. The van der Waals surface area contributed by atoms with Crippen molar-refractivity contribution in [3.05, 3.63) is 55.0 Å². The van der Waals surface area contributed by atoms with E-state index >= 15 is 0 Å². The summed E-state index contributed by atoms with van der Waals surface area (Å²) in [5.74, 6) is 0.814. The van der Waals surface area contributed by atoms with E-state index in [0.29, 0.717) is 36.0 Å². The lowest BCUT2D eigenvalue weighted by Crippen LogP contribution is -2.36. The Bertz CT molecular complexity index is 1180. The third kappa shape index (κ3) is 4.23. The van der Waals surface area contributed by atoms with Crippen LogP contribution in [0.3, 0.4) is 0 Å². The van der Waals surface area contributed by atoms with E-state index < -0.39 is 9.84 Å². The average Bonchev–Trinajstić information content (AvgIpc) is 2.96. The number of amides is 2. The highest BCUT2D eigenvalue weighted by Gasteiger charge is 2.24. The molecule has 9 nitrogen and oxygen atoms in total. The number of urea groups is 1. The van der Waals surface area contributed by atoms with Gasteiger partial charge in [0.25, 0.3) is 0 Å². The lowest BCUT2D eigenvalue weighted by Gasteiger charge is -2.22. The fourth-order valence-corrected chi connectivity index (χ4v) is 3.81. The van der Waals surface area contributed by atoms with Crippen LogP contribution >= 0.6 is 0 Å². The van der Waals surface area contributed by atoms with Crippen LogP contribution in [-0.4, -0.2) is 48.7 Å². The molecular weight excluding hydrogens is 404 g/mol. The highest BCUT2D eigenvalue weighted by molar-refractivity contribution is 7.90. The van der Waals surface area contributed by atoms with Crippen molar-refractivity contribution >= 4 is 33.2 Å². The van der Waals surface area contributed by atoms with Crippen molar-refractivity contribution in [3.63, 3.8) is 0 Å². The van der Waals surface area contributed by atoms with Crippen LogP contribution in [0.4, 0.5) is 22.1 Å². The first kappa shape index (κ1) is 19.8. The van der Waals surface area contributed by atoms with E-state index in [0.717, 1.165) is 12.1 Å². The molecule has 10 heteroatoms. The Morgan fingerprint density at radius 1 is 1.20 bits per heavy atom. The number of benzene rings is 1. The number of hydrogen-bond acceptors (Lipinski definition) is 7. The molecule has 0 radical (unpaired) electrons. The lowest BCUT2D eigenvalue weighted by molar-refractivity contribution is 0.256. The number of carbonyl (C=O) groups excluding carboxylic acids is 1. The standard InChI is InChI=1S/C20H20N6O3S/c1-30(28,29)15-5-2-4-14(12-15)16-6-7-17-19(24-16)26(11-3-8-22-17)20(27)25-18-13-21-9-10-23-18/h2,4-7,9-10,12-13,22H,3,8,11H2,1H3,(H,23,25,27). The van der Waals surface area contributed by atoms with E-state index in [1.165, 1.54) is 24.8 Å². The summed E-state index contributed by atoms with van der Waals surface area (Å²) >= 11 is 0. The molecule has 2 amide bonds. The number of fused-ring (bicyclic) bond motifs is 1. The molecule has 0 saturated carbocycles. The van der Waals surface area contributed by atoms with Crippen molar-refractivity contribution in [1.82, 2.24) is 15.0 Å². The van der Waals surface area contributed by atoms with Gasteiger partial charge in [0, 0.05) is 37.3 Å². The Hall–Kier alpha value is -3.53. The van der Waals surface area contributed by atoms with Crippen LogP contribution < -0.4 is 15.5 Å². The number of aromatic nitrogens is 3. The maximum Gasteiger partial charge on any atom is 0.328 e. The summed E-state index contributed by atoms with van der Waals surface area (Å²) in [4.78, 5) is 27.4. The summed E-state index contributed by atoms with van der Waals surface area (Å²) in [7, 11) is -3.34. The molecule has 2 aromatic heterocycles. The van der Waals surface area contributed by atoms with E-state index in [4.69, 9.17) is 0 Å². The monoisotopic (exact) mass is 424 g/mol. The minimum absolute atomic E-state index is 0.215. The molecule has 0 saturated heterocycles. The van der Waals surface area contributed by atoms with Gasteiger partial charge in [-0.2, -0.15) is 0 Å². The highest BCUT2D eigenvalue weighted by Crippen LogP contribution is 2.31. The van der Waals surface area contributed by atoms with Gasteiger partial charge in [0.15, 0.2) is 21.5 Å². The van der Waals surface area contributed by atoms with E-state index in [-0.39, 0.29) is 10.9 Å². The number of anilines is 3. The topological polar surface area (TPSA) is 117 Å². The second kappa shape index (κ2) is 8.07. The summed E-state index contributed by atoms with van der Waals surface area (Å²) in [6.07, 6.45) is 6.40. The zero-order valence-electron chi connectivity index (χ0n) is 16.2. The van der Waals surface area contributed by atoms with E-state index in [9.17, 15) is 13.2 Å². The van der Waals surface area contributed by atoms with Gasteiger partial charge in [0.05, 0.1) is 22.5 Å². The molecule has 0 atom stereocenters. The fourth-order valence-electron chi connectivity index (χ4n) is 3.14. The molecular formula is C20H20N6O3S. The van der Waals surface area contributed by atoms with Gasteiger partial charge >= 0.3 is 6.03 Å². The van der Waals surface area contributed by atoms with Gasteiger partial charge in [0.1, 0.15) is 0 Å². The summed E-state index contributed by atoms with van der Waals surface area (Å²) in [6, 6.07) is 9.88. The first-order chi connectivity index (χ1) is 14.4. The molecule has 0 unspecified atom stereocenters. The summed E-state index contributed by atoms with van der Waals surface area (Å²) in [5, 5.41) is 6.01. The molecule has 0 aliphatic carbocycles. The molecule has 1 aliphatic heterocycles. The molecule has 1 aliphatic rings. The van der Waals surface area contributed by atoms with Crippen molar-refractivity contribution in [2.45, 2.75) is 11.3 Å². The molecule has 154 valence electrons. The minimum atomic E-state index is -3.34. The number of nitrogens with zero attached hydrogens (tertiary/aromatic N) is 4. The zero-order chi connectivity index (χ0) is 21.1. The Labute approximate surface area is 174 Å². The van der Waals surface area contributed by atoms with Crippen LogP contribution in [0.15, 0.2) is 59.9 Å². The van der Waals surface area contributed by atoms with Crippen molar-refractivity contribution in [2.75, 3.05) is 34.9 Å². The second-order valence-corrected chi connectivity index (χ2v) is 8.84. The van der Waals surface area contributed by atoms with Gasteiger partial charge in [-0.3, -0.25) is 15.2 Å². The quantitative estimate of drug-likeness (QED) is 0.664. The summed E-state index contributed by atoms with van der Waals surface area (Å²) in [6.45, 7) is 1.17. The maximum absolute atomic E-state index is 12.9. The highest BCUT2D eigenvalue weighted by atomic mass is 32.2. The second-order valence-electron chi connectivity index (χ2n) is 6.82. The molecule has 0 spiro atoms. The maximum atomic E-state index is 12.9. The van der Waals surface area contributed by atoms with Crippen molar-refractivity contribution in [2.24, 2.45) is 0 Å². The lowest BCUT2D eigenvalue weighted by atomic mass is 10.1. The van der Waals surface area contributed by atoms with Crippen molar-refractivity contribution in [1.29, 1.82) is 0 Å². The van der Waals surface area contributed by atoms with Gasteiger partial charge in [-0.25, -0.2) is 23.2 Å². The number of nitrogens with one attached hydrogen (secondary N) is 2. The molecule has 3 heterocycles. The number of carbonyl (C=O) groups is 1. The third-order valence-corrected chi connectivity index (χ3v) is 5.72. The third-order valence-electron chi connectivity index (χ3n) is 4.61. The number of hydrogen-bond donors (Lipinski definition) is 2. The minimum Gasteiger partial charge on any atom is -0.382 e. The van der Waals surface area contributed by atoms with Gasteiger partial charge in [0.2, 0.25) is 0 Å². The normalized spacial score (nSPS) is 13.7. The van der Waals surface area contributed by atoms with Crippen LogP contribution in [0.5, 0.6) is 0 Å². The van der Waals surface area contributed by atoms with Crippen molar-refractivity contribution in [3.8, 4) is 11.3 Å². The largest absolute Gasteiger partial charge is 0.382 e. The first-order valence-corrected chi connectivity index (χ1v) is 11.2. The van der Waals surface area contributed by atoms with Crippen LogP contribution in [0.2, 0.25) is 0 Å². The number of pyridine rings is 1. The van der Waals surface area contributed by atoms with Gasteiger partial charge in [-0.1, -0.05) is 12.1 Å². The average molecular weight is 424 g/mol.